The van der Waals surface area contributed by atoms with Crippen molar-refractivity contribution in [1.82, 2.24) is 14.4 Å². The van der Waals surface area contributed by atoms with Gasteiger partial charge in [-0.1, -0.05) is 103 Å². The number of rotatable bonds is 11. The van der Waals surface area contributed by atoms with E-state index in [0.717, 1.165) is 80.9 Å². The van der Waals surface area contributed by atoms with Crippen molar-refractivity contribution >= 4 is 21.8 Å². The number of phenols is 2. The third kappa shape index (κ3) is 6.62. The minimum Gasteiger partial charge on any atom is -0.507 e. The van der Waals surface area contributed by atoms with Gasteiger partial charge in [0.2, 0.25) is 0 Å². The third-order valence-corrected chi connectivity index (χ3v) is 9.72. The molecule has 50 heavy (non-hydrogen) atoms. The molecule has 6 aromatic carbocycles. The summed E-state index contributed by atoms with van der Waals surface area (Å²) in [7, 11) is 4.18. The van der Waals surface area contributed by atoms with Crippen LogP contribution in [-0.4, -0.2) is 58.3 Å². The third-order valence-electron chi connectivity index (χ3n) is 9.72. The lowest BCUT2D eigenvalue weighted by Gasteiger charge is -2.26. The molecule has 0 bridgehead atoms. The molecule has 0 spiro atoms. The van der Waals surface area contributed by atoms with Gasteiger partial charge in [-0.05, 0) is 92.0 Å². The lowest BCUT2D eigenvalue weighted by atomic mass is 9.91. The minimum absolute atomic E-state index is 0.301. The highest BCUT2D eigenvalue weighted by atomic mass is 16.3. The maximum absolute atomic E-state index is 12.0. The predicted octanol–water partition coefficient (Wildman–Crippen LogP) is 9.75. The molecule has 0 atom stereocenters. The van der Waals surface area contributed by atoms with E-state index in [9.17, 15) is 10.2 Å². The molecule has 0 saturated heterocycles. The van der Waals surface area contributed by atoms with Crippen LogP contribution in [0.2, 0.25) is 0 Å². The van der Waals surface area contributed by atoms with Gasteiger partial charge in [0.25, 0.3) is 0 Å². The van der Waals surface area contributed by atoms with Crippen LogP contribution >= 0.6 is 0 Å². The number of likely N-dealkylation sites (N-methyl/N-ethyl adjacent to an activating group) is 1. The van der Waals surface area contributed by atoms with Gasteiger partial charge in [-0.2, -0.15) is 0 Å². The highest BCUT2D eigenvalue weighted by Gasteiger charge is 2.20. The second kappa shape index (κ2) is 14.2. The number of aromatic nitrogens is 1. The fourth-order valence-electron chi connectivity index (χ4n) is 7.27. The number of fused-ring (bicyclic) bond motifs is 3. The number of hydrogen-bond donors (Lipinski definition) is 2. The Morgan fingerprint density at radius 2 is 1.12 bits per heavy atom. The number of aromatic hydroxyl groups is 2. The van der Waals surface area contributed by atoms with E-state index in [1.807, 2.05) is 24.3 Å². The van der Waals surface area contributed by atoms with Crippen molar-refractivity contribution in [3.63, 3.8) is 0 Å². The second-order valence-corrected chi connectivity index (χ2v) is 13.7. The molecule has 7 rings (SSSR count). The number of hydrogen-bond acceptors (Lipinski definition) is 4. The molecule has 0 fully saturated rings. The van der Waals surface area contributed by atoms with E-state index < -0.39 is 0 Å². The molecule has 0 radical (unpaired) electrons. The fourth-order valence-corrected chi connectivity index (χ4v) is 7.27. The molecule has 5 nitrogen and oxygen atoms in total. The van der Waals surface area contributed by atoms with Crippen molar-refractivity contribution in [3.05, 3.63) is 150 Å². The molecule has 0 aliphatic carbocycles. The average molecular weight is 660 g/mol. The Balaban J connectivity index is 1.22. The number of nitrogens with zero attached hydrogens (tertiary/aromatic N) is 3. The summed E-state index contributed by atoms with van der Waals surface area (Å²) in [6.45, 7) is 7.21. The Morgan fingerprint density at radius 1 is 0.540 bits per heavy atom. The normalized spacial score (nSPS) is 11.7. The molecule has 5 heteroatoms. The van der Waals surface area contributed by atoms with Crippen molar-refractivity contribution in [3.8, 4) is 39.4 Å². The van der Waals surface area contributed by atoms with Crippen LogP contribution < -0.4 is 0 Å². The molecule has 1 heterocycles. The van der Waals surface area contributed by atoms with Crippen LogP contribution in [-0.2, 0) is 13.0 Å². The van der Waals surface area contributed by atoms with Crippen molar-refractivity contribution < 1.29 is 10.2 Å². The van der Waals surface area contributed by atoms with E-state index in [2.05, 4.69) is 145 Å². The maximum Gasteiger partial charge on any atom is 0.144 e. The summed E-state index contributed by atoms with van der Waals surface area (Å²) in [6.07, 6.45) is 0.674. The number of aryl methyl sites for hydroxylation is 2. The summed E-state index contributed by atoms with van der Waals surface area (Å²) in [5, 5.41) is 26.1. The Bertz CT molecular complexity index is 2230. The number of phenolic OH excluding ortho intramolecular Hbond substituents is 2. The summed E-state index contributed by atoms with van der Waals surface area (Å²) in [5.74, 6) is 0.633. The lowest BCUT2D eigenvalue weighted by Crippen LogP contribution is -2.33. The van der Waals surface area contributed by atoms with Gasteiger partial charge in [0.15, 0.2) is 0 Å². The van der Waals surface area contributed by atoms with E-state index in [-0.39, 0.29) is 0 Å². The quantitative estimate of drug-likeness (QED) is 0.145. The highest BCUT2D eigenvalue weighted by molar-refractivity contribution is 6.09. The first kappa shape index (κ1) is 33.2. The van der Waals surface area contributed by atoms with E-state index in [1.54, 1.807) is 0 Å². The molecule has 2 N–H and O–H groups in total. The van der Waals surface area contributed by atoms with Gasteiger partial charge in [-0.3, -0.25) is 4.90 Å². The molecule has 1 aromatic heterocycles. The van der Waals surface area contributed by atoms with Gasteiger partial charge < -0.3 is 19.7 Å². The molecule has 0 saturated carbocycles. The van der Waals surface area contributed by atoms with E-state index in [1.165, 1.54) is 10.8 Å². The minimum atomic E-state index is 0.301. The van der Waals surface area contributed by atoms with Crippen LogP contribution in [0.1, 0.15) is 22.3 Å². The zero-order chi connectivity index (χ0) is 34.8. The first-order valence-corrected chi connectivity index (χ1v) is 17.4. The van der Waals surface area contributed by atoms with Gasteiger partial charge in [-0.25, -0.2) is 0 Å². The van der Waals surface area contributed by atoms with Crippen molar-refractivity contribution in [2.24, 2.45) is 0 Å². The average Bonchev–Trinajstić information content (AvgIpc) is 3.46. The predicted molar refractivity (Wildman–Crippen MR) is 208 cm³/mol. The van der Waals surface area contributed by atoms with Crippen molar-refractivity contribution in [2.75, 3.05) is 33.7 Å². The number of benzene rings is 6. The SMILES string of the molecule is Cc1cc(CCN(CCN(C)C)Cc2cc(C)cc(-n3c4ccccc4c4ccccc43)c2O)c(O)c(-c2ccccc2-c2ccccc2)c1. The zero-order valence-corrected chi connectivity index (χ0v) is 29.4. The van der Waals surface area contributed by atoms with Crippen LogP contribution in [0.15, 0.2) is 127 Å². The molecule has 252 valence electrons. The summed E-state index contributed by atoms with van der Waals surface area (Å²) < 4.78 is 2.19. The first-order valence-electron chi connectivity index (χ1n) is 17.4. The van der Waals surface area contributed by atoms with Crippen LogP contribution in [0.25, 0.3) is 49.7 Å². The maximum atomic E-state index is 12.0. The topological polar surface area (TPSA) is 51.9 Å². The number of para-hydroxylation sites is 2. The fraction of sp³-hybridized carbons (Fsp3) is 0.200. The monoisotopic (exact) mass is 659 g/mol. The summed E-state index contributed by atoms with van der Waals surface area (Å²) >= 11 is 0. The lowest BCUT2D eigenvalue weighted by molar-refractivity contribution is 0.233. The van der Waals surface area contributed by atoms with Gasteiger partial charge >= 0.3 is 0 Å². The van der Waals surface area contributed by atoms with E-state index >= 15 is 0 Å². The van der Waals surface area contributed by atoms with E-state index in [4.69, 9.17) is 0 Å². The molecule has 7 aromatic rings. The molecule has 0 aliphatic heterocycles. The van der Waals surface area contributed by atoms with Gasteiger partial charge in [-0.15, -0.1) is 0 Å². The Morgan fingerprint density at radius 3 is 1.80 bits per heavy atom. The molecular weight excluding hydrogens is 615 g/mol. The van der Waals surface area contributed by atoms with Gasteiger partial charge in [0.05, 0.1) is 16.7 Å². The summed E-state index contributed by atoms with van der Waals surface area (Å²) in [4.78, 5) is 4.58. The molecular formula is C45H45N3O2. The molecule has 0 unspecified atom stereocenters. The van der Waals surface area contributed by atoms with Crippen molar-refractivity contribution in [1.29, 1.82) is 0 Å². The molecule has 0 amide bonds. The summed E-state index contributed by atoms with van der Waals surface area (Å²) in [6, 6.07) is 43.9. The van der Waals surface area contributed by atoms with Crippen LogP contribution in [0.5, 0.6) is 11.5 Å². The second-order valence-electron chi connectivity index (χ2n) is 13.7. The van der Waals surface area contributed by atoms with Crippen LogP contribution in [0.4, 0.5) is 0 Å². The van der Waals surface area contributed by atoms with Gasteiger partial charge in [0, 0.05) is 48.1 Å². The standard InChI is InChI=1S/C45H45N3O2/c1-31-26-34(44(49)40(28-31)37-17-9-8-16-36(37)33-14-6-5-7-15-33)22-23-47(25-24-46(3)4)30-35-27-32(2)29-43(45(35)50)48-41-20-12-10-18-38(41)39-19-11-13-21-42(39)48/h5-21,26-29,49-50H,22-25,30H2,1-4H3. The Hall–Kier alpha value is -5.36. The Labute approximate surface area is 295 Å². The Kier molecular flexibility index (Phi) is 9.44. The first-order chi connectivity index (χ1) is 24.3. The van der Waals surface area contributed by atoms with Crippen LogP contribution in [0.3, 0.4) is 0 Å². The van der Waals surface area contributed by atoms with Crippen LogP contribution in [0, 0.1) is 13.8 Å². The summed E-state index contributed by atoms with van der Waals surface area (Å²) in [5.41, 5.74) is 11.1. The smallest absolute Gasteiger partial charge is 0.144 e. The highest BCUT2D eigenvalue weighted by Crippen LogP contribution is 2.40. The van der Waals surface area contributed by atoms with Gasteiger partial charge in [0.1, 0.15) is 11.5 Å². The largest absolute Gasteiger partial charge is 0.507 e. The van der Waals surface area contributed by atoms with Crippen molar-refractivity contribution in [2.45, 2.75) is 26.8 Å². The molecule has 0 aliphatic rings. The zero-order valence-electron chi connectivity index (χ0n) is 29.4. The van der Waals surface area contributed by atoms with E-state index in [0.29, 0.717) is 24.5 Å².